The summed E-state index contributed by atoms with van der Waals surface area (Å²) in [7, 11) is 4.93. The molecule has 0 spiro atoms. The summed E-state index contributed by atoms with van der Waals surface area (Å²) < 4.78 is 16.1. The fourth-order valence-electron chi connectivity index (χ4n) is 2.10. The van der Waals surface area contributed by atoms with Crippen LogP contribution in [0.5, 0.6) is 17.2 Å². The number of hydrogen-bond donors (Lipinski definition) is 1. The van der Waals surface area contributed by atoms with Gasteiger partial charge in [0.25, 0.3) is 0 Å². The quantitative estimate of drug-likeness (QED) is 0.698. The van der Waals surface area contributed by atoms with Crippen molar-refractivity contribution in [3.63, 3.8) is 0 Å². The van der Waals surface area contributed by atoms with Crippen molar-refractivity contribution in [1.29, 1.82) is 0 Å². The molecule has 108 valence electrons. The van der Waals surface area contributed by atoms with Crippen LogP contribution < -0.4 is 19.5 Å². The van der Waals surface area contributed by atoms with Crippen LogP contribution in [0.2, 0.25) is 0 Å². The fourth-order valence-corrected chi connectivity index (χ4v) is 2.10. The predicted molar refractivity (Wildman–Crippen MR) is 77.6 cm³/mol. The van der Waals surface area contributed by atoms with Crippen LogP contribution in [0.15, 0.2) is 12.1 Å². The van der Waals surface area contributed by atoms with Crippen molar-refractivity contribution in [3.8, 4) is 17.2 Å². The van der Waals surface area contributed by atoms with Gasteiger partial charge in [-0.05, 0) is 44.0 Å². The van der Waals surface area contributed by atoms with E-state index in [1.165, 1.54) is 0 Å². The Morgan fingerprint density at radius 2 is 1.68 bits per heavy atom. The van der Waals surface area contributed by atoms with Crippen molar-refractivity contribution in [2.75, 3.05) is 34.4 Å². The van der Waals surface area contributed by atoms with E-state index in [1.807, 2.05) is 12.1 Å². The number of rotatable bonds is 9. The largest absolute Gasteiger partial charge is 0.493 e. The van der Waals surface area contributed by atoms with Gasteiger partial charge < -0.3 is 19.5 Å². The van der Waals surface area contributed by atoms with Gasteiger partial charge in [0.1, 0.15) is 0 Å². The zero-order chi connectivity index (χ0) is 14.1. The second-order valence-corrected chi connectivity index (χ2v) is 4.30. The van der Waals surface area contributed by atoms with Gasteiger partial charge in [-0.2, -0.15) is 0 Å². The molecule has 0 heterocycles. The fraction of sp³-hybridized carbons (Fsp3) is 0.600. The summed E-state index contributed by atoms with van der Waals surface area (Å²) in [5, 5.41) is 3.33. The summed E-state index contributed by atoms with van der Waals surface area (Å²) >= 11 is 0. The second kappa shape index (κ2) is 8.64. The van der Waals surface area contributed by atoms with E-state index in [2.05, 4.69) is 12.2 Å². The summed E-state index contributed by atoms with van der Waals surface area (Å²) in [4.78, 5) is 0. The van der Waals surface area contributed by atoms with Gasteiger partial charge in [-0.25, -0.2) is 0 Å². The Bertz CT molecular complexity index is 380. The molecule has 0 aliphatic carbocycles. The van der Waals surface area contributed by atoms with E-state index in [1.54, 1.807) is 21.3 Å². The van der Waals surface area contributed by atoms with Crippen LogP contribution in [0.3, 0.4) is 0 Å². The molecule has 0 amide bonds. The second-order valence-electron chi connectivity index (χ2n) is 4.30. The SMILES string of the molecule is CCNCCCCc1ccc(OC)c(OC)c1OC. The van der Waals surface area contributed by atoms with Gasteiger partial charge in [0.2, 0.25) is 5.75 Å². The monoisotopic (exact) mass is 267 g/mol. The van der Waals surface area contributed by atoms with Gasteiger partial charge in [0.15, 0.2) is 11.5 Å². The number of benzene rings is 1. The molecule has 0 radical (unpaired) electrons. The lowest BCUT2D eigenvalue weighted by molar-refractivity contribution is 0.322. The summed E-state index contributed by atoms with van der Waals surface area (Å²) in [6.07, 6.45) is 3.26. The molecule has 0 saturated carbocycles. The van der Waals surface area contributed by atoms with Gasteiger partial charge >= 0.3 is 0 Å². The third kappa shape index (κ3) is 4.31. The summed E-state index contributed by atoms with van der Waals surface area (Å²) in [6.45, 7) is 4.21. The molecule has 4 nitrogen and oxygen atoms in total. The minimum atomic E-state index is 0.675. The first-order valence-electron chi connectivity index (χ1n) is 6.77. The lowest BCUT2D eigenvalue weighted by atomic mass is 10.1. The Balaban J connectivity index is 2.72. The molecule has 0 fully saturated rings. The Labute approximate surface area is 116 Å². The molecule has 0 aliphatic rings. The van der Waals surface area contributed by atoms with E-state index in [-0.39, 0.29) is 0 Å². The van der Waals surface area contributed by atoms with Gasteiger partial charge in [0, 0.05) is 0 Å². The Morgan fingerprint density at radius 3 is 2.26 bits per heavy atom. The number of methoxy groups -OCH3 is 3. The normalized spacial score (nSPS) is 10.3. The first kappa shape index (κ1) is 15.6. The van der Waals surface area contributed by atoms with E-state index in [4.69, 9.17) is 14.2 Å². The van der Waals surface area contributed by atoms with Crippen molar-refractivity contribution >= 4 is 0 Å². The topological polar surface area (TPSA) is 39.7 Å². The molecule has 1 rings (SSSR count). The molecule has 0 unspecified atom stereocenters. The zero-order valence-electron chi connectivity index (χ0n) is 12.4. The molecule has 4 heteroatoms. The van der Waals surface area contributed by atoms with Crippen LogP contribution in [0, 0.1) is 0 Å². The maximum absolute atomic E-state index is 5.47. The van der Waals surface area contributed by atoms with Gasteiger partial charge in [0.05, 0.1) is 21.3 Å². The van der Waals surface area contributed by atoms with Crippen molar-refractivity contribution in [2.45, 2.75) is 26.2 Å². The van der Waals surface area contributed by atoms with Crippen LogP contribution in [0.1, 0.15) is 25.3 Å². The van der Waals surface area contributed by atoms with Crippen molar-refractivity contribution in [2.24, 2.45) is 0 Å². The standard InChI is InChI=1S/C15H25NO3/c1-5-16-11-7-6-8-12-9-10-13(17-2)15(19-4)14(12)18-3/h9-10,16H,5-8,11H2,1-4H3. The van der Waals surface area contributed by atoms with Gasteiger partial charge in [-0.3, -0.25) is 0 Å². The number of nitrogens with one attached hydrogen (secondary N) is 1. The minimum absolute atomic E-state index is 0.675. The molecule has 1 N–H and O–H groups in total. The van der Waals surface area contributed by atoms with Crippen LogP contribution in [-0.4, -0.2) is 34.4 Å². The van der Waals surface area contributed by atoms with Crippen molar-refractivity contribution in [3.05, 3.63) is 17.7 Å². The highest BCUT2D eigenvalue weighted by Gasteiger charge is 2.15. The van der Waals surface area contributed by atoms with E-state index in [0.29, 0.717) is 11.5 Å². The molecule has 0 atom stereocenters. The molecule has 19 heavy (non-hydrogen) atoms. The number of ether oxygens (including phenoxy) is 3. The molecule has 0 bridgehead atoms. The van der Waals surface area contributed by atoms with E-state index in [9.17, 15) is 0 Å². The molecule has 1 aromatic carbocycles. The minimum Gasteiger partial charge on any atom is -0.493 e. The van der Waals surface area contributed by atoms with E-state index in [0.717, 1.165) is 43.7 Å². The first-order valence-corrected chi connectivity index (χ1v) is 6.77. The average Bonchev–Trinajstić information content (AvgIpc) is 2.45. The molecule has 0 aliphatic heterocycles. The average molecular weight is 267 g/mol. The molecular weight excluding hydrogens is 242 g/mol. The summed E-state index contributed by atoms with van der Waals surface area (Å²) in [6, 6.07) is 3.98. The van der Waals surface area contributed by atoms with Crippen LogP contribution in [-0.2, 0) is 6.42 Å². The van der Waals surface area contributed by atoms with E-state index >= 15 is 0 Å². The summed E-state index contributed by atoms with van der Waals surface area (Å²) in [5.74, 6) is 2.16. The highest BCUT2D eigenvalue weighted by Crippen LogP contribution is 2.40. The van der Waals surface area contributed by atoms with Gasteiger partial charge in [-0.1, -0.05) is 13.0 Å². The summed E-state index contributed by atoms with van der Waals surface area (Å²) in [5.41, 5.74) is 1.16. The third-order valence-corrected chi connectivity index (χ3v) is 3.09. The molecule has 1 aromatic rings. The Kier molecular flexibility index (Phi) is 7.11. The lowest BCUT2D eigenvalue weighted by Crippen LogP contribution is -2.14. The predicted octanol–water partition coefficient (Wildman–Crippen LogP) is 2.64. The Hall–Kier alpha value is -1.42. The Morgan fingerprint density at radius 1 is 0.947 bits per heavy atom. The maximum Gasteiger partial charge on any atom is 0.203 e. The van der Waals surface area contributed by atoms with Crippen LogP contribution >= 0.6 is 0 Å². The highest BCUT2D eigenvalue weighted by atomic mass is 16.5. The zero-order valence-corrected chi connectivity index (χ0v) is 12.4. The number of unbranched alkanes of at least 4 members (excludes halogenated alkanes) is 1. The molecule has 0 saturated heterocycles. The molecular formula is C15H25NO3. The lowest BCUT2D eigenvalue weighted by Gasteiger charge is -2.15. The smallest absolute Gasteiger partial charge is 0.203 e. The first-order chi connectivity index (χ1) is 9.28. The number of aryl methyl sites for hydroxylation is 1. The maximum atomic E-state index is 5.47. The third-order valence-electron chi connectivity index (χ3n) is 3.09. The highest BCUT2D eigenvalue weighted by molar-refractivity contribution is 5.55. The molecule has 0 aromatic heterocycles. The van der Waals surface area contributed by atoms with Crippen LogP contribution in [0.25, 0.3) is 0 Å². The van der Waals surface area contributed by atoms with Gasteiger partial charge in [-0.15, -0.1) is 0 Å². The van der Waals surface area contributed by atoms with Crippen molar-refractivity contribution < 1.29 is 14.2 Å². The number of hydrogen-bond acceptors (Lipinski definition) is 4. The van der Waals surface area contributed by atoms with Crippen LogP contribution in [0.4, 0.5) is 0 Å². The van der Waals surface area contributed by atoms with E-state index < -0.39 is 0 Å². The van der Waals surface area contributed by atoms with Crippen molar-refractivity contribution in [1.82, 2.24) is 5.32 Å².